The third-order valence-corrected chi connectivity index (χ3v) is 4.90. The van der Waals surface area contributed by atoms with Crippen LogP contribution in [0.3, 0.4) is 0 Å². The molecule has 2 aliphatic rings. The Bertz CT molecular complexity index is 465. The van der Waals surface area contributed by atoms with Crippen molar-refractivity contribution in [3.8, 4) is 0 Å². The molecule has 6 nitrogen and oxygen atoms in total. The zero-order valence-electron chi connectivity index (χ0n) is 13.4. The number of morpholine rings is 1. The van der Waals surface area contributed by atoms with Crippen molar-refractivity contribution in [2.45, 2.75) is 44.5 Å². The van der Waals surface area contributed by atoms with E-state index in [2.05, 4.69) is 16.2 Å². The van der Waals surface area contributed by atoms with Crippen molar-refractivity contribution >= 4 is 0 Å². The van der Waals surface area contributed by atoms with Crippen molar-refractivity contribution in [2.24, 2.45) is 5.92 Å². The normalized spacial score (nSPS) is 30.0. The second kappa shape index (κ2) is 7.55. The molecular weight excluding hydrogens is 282 g/mol. The highest BCUT2D eigenvalue weighted by Crippen LogP contribution is 2.32. The molecule has 1 aliphatic heterocycles. The van der Waals surface area contributed by atoms with E-state index in [-0.39, 0.29) is 6.10 Å². The van der Waals surface area contributed by atoms with Crippen LogP contribution in [0.1, 0.15) is 24.8 Å². The van der Waals surface area contributed by atoms with Gasteiger partial charge >= 0.3 is 0 Å². The monoisotopic (exact) mass is 309 g/mol. The quantitative estimate of drug-likeness (QED) is 0.846. The molecule has 2 fully saturated rings. The van der Waals surface area contributed by atoms with Gasteiger partial charge in [0, 0.05) is 43.9 Å². The number of nitrogens with zero attached hydrogens (tertiary/aromatic N) is 3. The standard InChI is InChI=1S/C16H27N3O3/c1-21-7-6-19-11-13(9-17-19)10-18-5-8-22-12-15(18)14-3-2-4-16(14)20/h9,11,14-16,20H,2-8,10,12H2,1H3/t14-,15+,16-/m0/s1. The number of methoxy groups -OCH3 is 1. The Morgan fingerprint density at radius 1 is 1.45 bits per heavy atom. The number of aliphatic hydroxyl groups is 1. The average molecular weight is 309 g/mol. The smallest absolute Gasteiger partial charge is 0.0658 e. The predicted octanol–water partition coefficient (Wildman–Crippen LogP) is 0.891. The molecule has 0 amide bonds. The van der Waals surface area contributed by atoms with Crippen LogP contribution in [-0.2, 0) is 22.6 Å². The highest BCUT2D eigenvalue weighted by atomic mass is 16.5. The molecule has 0 spiro atoms. The summed E-state index contributed by atoms with van der Waals surface area (Å²) in [7, 11) is 1.70. The summed E-state index contributed by atoms with van der Waals surface area (Å²) in [6, 6.07) is 0.327. The van der Waals surface area contributed by atoms with Gasteiger partial charge in [0.15, 0.2) is 0 Å². The maximum absolute atomic E-state index is 10.2. The molecule has 3 atom stereocenters. The van der Waals surface area contributed by atoms with Crippen molar-refractivity contribution in [3.05, 3.63) is 18.0 Å². The fourth-order valence-electron chi connectivity index (χ4n) is 3.70. The van der Waals surface area contributed by atoms with Gasteiger partial charge in [-0.1, -0.05) is 6.42 Å². The van der Waals surface area contributed by atoms with Crippen molar-refractivity contribution in [2.75, 3.05) is 33.5 Å². The van der Waals surface area contributed by atoms with Gasteiger partial charge in [-0.05, 0) is 12.8 Å². The van der Waals surface area contributed by atoms with E-state index in [0.29, 0.717) is 18.6 Å². The third kappa shape index (κ3) is 3.68. The van der Waals surface area contributed by atoms with Crippen LogP contribution in [0.2, 0.25) is 0 Å². The zero-order valence-corrected chi connectivity index (χ0v) is 13.4. The largest absolute Gasteiger partial charge is 0.393 e. The van der Waals surface area contributed by atoms with Crippen molar-refractivity contribution in [3.63, 3.8) is 0 Å². The van der Waals surface area contributed by atoms with Crippen LogP contribution < -0.4 is 0 Å². The molecule has 2 heterocycles. The topological polar surface area (TPSA) is 59.8 Å². The van der Waals surface area contributed by atoms with E-state index in [1.807, 2.05) is 10.9 Å². The molecule has 1 N–H and O–H groups in total. The summed E-state index contributed by atoms with van der Waals surface area (Å²) in [5.74, 6) is 0.351. The lowest BCUT2D eigenvalue weighted by Gasteiger charge is -2.39. The van der Waals surface area contributed by atoms with E-state index in [9.17, 15) is 5.11 Å². The summed E-state index contributed by atoms with van der Waals surface area (Å²) in [6.45, 7) is 4.78. The third-order valence-electron chi connectivity index (χ3n) is 4.90. The number of hydrogen-bond acceptors (Lipinski definition) is 5. The summed E-state index contributed by atoms with van der Waals surface area (Å²) in [5.41, 5.74) is 1.22. The SMILES string of the molecule is COCCn1cc(CN2CCOC[C@@H]2[C@@H]2CCC[C@@H]2O)cn1. The Morgan fingerprint density at radius 3 is 3.14 bits per heavy atom. The van der Waals surface area contributed by atoms with Crippen LogP contribution in [0, 0.1) is 5.92 Å². The average Bonchev–Trinajstić information content (AvgIpc) is 3.15. The van der Waals surface area contributed by atoms with Gasteiger partial charge in [0.05, 0.1) is 38.7 Å². The Hall–Kier alpha value is -0.950. The fraction of sp³-hybridized carbons (Fsp3) is 0.812. The Morgan fingerprint density at radius 2 is 2.36 bits per heavy atom. The Labute approximate surface area is 132 Å². The van der Waals surface area contributed by atoms with E-state index in [1.165, 1.54) is 5.56 Å². The van der Waals surface area contributed by atoms with Crippen molar-refractivity contribution < 1.29 is 14.6 Å². The van der Waals surface area contributed by atoms with Gasteiger partial charge in [-0.2, -0.15) is 5.10 Å². The number of aliphatic hydroxyl groups excluding tert-OH is 1. The molecule has 22 heavy (non-hydrogen) atoms. The van der Waals surface area contributed by atoms with Crippen molar-refractivity contribution in [1.82, 2.24) is 14.7 Å². The molecular formula is C16H27N3O3. The number of aromatic nitrogens is 2. The minimum absolute atomic E-state index is 0.168. The first-order valence-corrected chi connectivity index (χ1v) is 8.28. The summed E-state index contributed by atoms with van der Waals surface area (Å²) >= 11 is 0. The van der Waals surface area contributed by atoms with Crippen LogP contribution in [0.15, 0.2) is 12.4 Å². The maximum Gasteiger partial charge on any atom is 0.0658 e. The van der Waals surface area contributed by atoms with Gasteiger partial charge in [0.25, 0.3) is 0 Å². The van der Waals surface area contributed by atoms with Gasteiger partial charge in [-0.25, -0.2) is 0 Å². The molecule has 1 saturated heterocycles. The van der Waals surface area contributed by atoms with E-state index in [1.54, 1.807) is 7.11 Å². The van der Waals surface area contributed by atoms with Gasteiger partial charge in [-0.3, -0.25) is 9.58 Å². The fourth-order valence-corrected chi connectivity index (χ4v) is 3.70. The van der Waals surface area contributed by atoms with Crippen LogP contribution in [-0.4, -0.2) is 65.4 Å². The van der Waals surface area contributed by atoms with Crippen molar-refractivity contribution in [1.29, 1.82) is 0 Å². The Balaban J connectivity index is 1.62. The second-order valence-corrected chi connectivity index (χ2v) is 6.38. The number of ether oxygens (including phenoxy) is 2. The molecule has 3 rings (SSSR count). The van der Waals surface area contributed by atoms with Gasteiger partial charge < -0.3 is 14.6 Å². The zero-order chi connectivity index (χ0) is 15.4. The maximum atomic E-state index is 10.2. The lowest BCUT2D eigenvalue weighted by molar-refractivity contribution is -0.0536. The number of rotatable bonds is 6. The first kappa shape index (κ1) is 15.9. The van der Waals surface area contributed by atoms with Gasteiger partial charge in [-0.15, -0.1) is 0 Å². The van der Waals surface area contributed by atoms with Gasteiger partial charge in [0.2, 0.25) is 0 Å². The molecule has 1 aliphatic carbocycles. The lowest BCUT2D eigenvalue weighted by atomic mass is 9.94. The lowest BCUT2D eigenvalue weighted by Crippen LogP contribution is -2.50. The minimum Gasteiger partial charge on any atom is -0.393 e. The Kier molecular flexibility index (Phi) is 5.46. The number of hydrogen-bond donors (Lipinski definition) is 1. The first-order valence-electron chi connectivity index (χ1n) is 8.28. The summed E-state index contributed by atoms with van der Waals surface area (Å²) in [4.78, 5) is 2.46. The van der Waals surface area contributed by atoms with Gasteiger partial charge in [0.1, 0.15) is 0 Å². The molecule has 1 aromatic heterocycles. The van der Waals surface area contributed by atoms with E-state index >= 15 is 0 Å². The molecule has 0 radical (unpaired) electrons. The molecule has 0 bridgehead atoms. The second-order valence-electron chi connectivity index (χ2n) is 6.38. The molecule has 1 aromatic rings. The molecule has 124 valence electrons. The minimum atomic E-state index is -0.168. The summed E-state index contributed by atoms with van der Waals surface area (Å²) in [5, 5.41) is 14.6. The summed E-state index contributed by atoms with van der Waals surface area (Å²) < 4.78 is 12.7. The molecule has 0 unspecified atom stereocenters. The highest BCUT2D eigenvalue weighted by molar-refractivity contribution is 5.05. The van der Waals surface area contributed by atoms with Crippen LogP contribution >= 0.6 is 0 Å². The van der Waals surface area contributed by atoms with E-state index in [0.717, 1.165) is 52.1 Å². The molecule has 0 aromatic carbocycles. The highest BCUT2D eigenvalue weighted by Gasteiger charge is 2.37. The molecule has 1 saturated carbocycles. The predicted molar refractivity (Wildman–Crippen MR) is 82.5 cm³/mol. The van der Waals surface area contributed by atoms with E-state index in [4.69, 9.17) is 9.47 Å². The summed E-state index contributed by atoms with van der Waals surface area (Å²) in [6.07, 6.45) is 7.04. The molecule has 6 heteroatoms. The van der Waals surface area contributed by atoms with E-state index < -0.39 is 0 Å². The van der Waals surface area contributed by atoms with Crippen LogP contribution in [0.4, 0.5) is 0 Å². The van der Waals surface area contributed by atoms with Crippen LogP contribution in [0.25, 0.3) is 0 Å². The first-order chi connectivity index (χ1) is 10.8. The van der Waals surface area contributed by atoms with Crippen LogP contribution in [0.5, 0.6) is 0 Å².